The Morgan fingerprint density at radius 2 is 0.500 bits per heavy atom. The quantitative estimate of drug-likeness (QED) is 0.176. The molecule has 0 unspecified atom stereocenters. The van der Waals surface area contributed by atoms with Crippen molar-refractivity contribution in [3.05, 3.63) is 130 Å². The predicted molar refractivity (Wildman–Crippen MR) is 163 cm³/mol. The Balaban J connectivity index is 1.50. The van der Waals surface area contributed by atoms with E-state index in [9.17, 15) is 0 Å². The van der Waals surface area contributed by atoms with Crippen LogP contribution in [0.25, 0.3) is 65.3 Å². The number of benzene rings is 7. The fraction of sp³-hybridized carbons (Fsp3) is 0. The van der Waals surface area contributed by atoms with Gasteiger partial charge in [-0.2, -0.15) is 0 Å². The Morgan fingerprint density at radius 3 is 0.750 bits per heavy atom. The Labute approximate surface area is 226 Å². The topological polar surface area (TPSA) is 0 Å². The van der Waals surface area contributed by atoms with E-state index in [0.29, 0.717) is 0 Å². The summed E-state index contributed by atoms with van der Waals surface area (Å²) < 4.78 is 2.31. The smallest absolute Gasteiger partial charge is 0.0332 e. The van der Waals surface area contributed by atoms with Crippen LogP contribution < -0.4 is 0 Å². The van der Waals surface area contributed by atoms with Crippen LogP contribution in [0.1, 0.15) is 0 Å². The standard InChI is InChI=1S/C34H20Br2/c35-33-27-13-5-1-9-23(27)31(24-10-2-6-14-28(24)33)21-17-19-22(20-18-21)32-25-11-3-7-15-29(25)34(36)30-16-8-4-12-26(30)32/h1-20H. The van der Waals surface area contributed by atoms with E-state index >= 15 is 0 Å². The average molecular weight is 588 g/mol. The number of fused-ring (bicyclic) bond motifs is 4. The summed E-state index contributed by atoms with van der Waals surface area (Å²) in [7, 11) is 0. The molecule has 7 aromatic rings. The summed E-state index contributed by atoms with van der Waals surface area (Å²) >= 11 is 7.76. The van der Waals surface area contributed by atoms with Crippen LogP contribution in [0, 0.1) is 0 Å². The maximum Gasteiger partial charge on any atom is 0.0332 e. The van der Waals surface area contributed by atoms with Gasteiger partial charge in [0, 0.05) is 8.95 Å². The van der Waals surface area contributed by atoms with Gasteiger partial charge in [0.15, 0.2) is 0 Å². The van der Waals surface area contributed by atoms with E-state index in [1.165, 1.54) is 65.3 Å². The van der Waals surface area contributed by atoms with Crippen molar-refractivity contribution in [3.8, 4) is 22.3 Å². The van der Waals surface area contributed by atoms with Crippen molar-refractivity contribution < 1.29 is 0 Å². The molecule has 0 saturated heterocycles. The highest BCUT2D eigenvalue weighted by molar-refractivity contribution is 9.11. The van der Waals surface area contributed by atoms with Gasteiger partial charge >= 0.3 is 0 Å². The molecule has 7 rings (SSSR count). The van der Waals surface area contributed by atoms with Crippen LogP contribution in [-0.2, 0) is 0 Å². The molecule has 0 atom stereocenters. The third kappa shape index (κ3) is 3.25. The van der Waals surface area contributed by atoms with Gasteiger partial charge in [0.05, 0.1) is 0 Å². The van der Waals surface area contributed by atoms with E-state index in [2.05, 4.69) is 153 Å². The van der Waals surface area contributed by atoms with Crippen LogP contribution >= 0.6 is 31.9 Å². The van der Waals surface area contributed by atoms with Crippen molar-refractivity contribution >= 4 is 74.9 Å². The average Bonchev–Trinajstić information content (AvgIpc) is 2.94. The molecule has 0 bridgehead atoms. The second kappa shape index (κ2) is 8.58. The first-order valence-corrected chi connectivity index (χ1v) is 13.6. The minimum atomic E-state index is 1.15. The van der Waals surface area contributed by atoms with E-state index in [1.807, 2.05) is 0 Å². The van der Waals surface area contributed by atoms with Gasteiger partial charge in [-0.3, -0.25) is 0 Å². The van der Waals surface area contributed by atoms with Crippen molar-refractivity contribution in [1.29, 1.82) is 0 Å². The minimum absolute atomic E-state index is 1.15. The molecule has 0 aliphatic rings. The largest absolute Gasteiger partial charge is 0.0616 e. The highest BCUT2D eigenvalue weighted by Crippen LogP contribution is 2.44. The maximum absolute atomic E-state index is 3.88. The van der Waals surface area contributed by atoms with Crippen LogP contribution in [0.3, 0.4) is 0 Å². The Morgan fingerprint density at radius 1 is 0.278 bits per heavy atom. The van der Waals surface area contributed by atoms with Crippen LogP contribution in [0.4, 0.5) is 0 Å². The van der Waals surface area contributed by atoms with E-state index in [-0.39, 0.29) is 0 Å². The van der Waals surface area contributed by atoms with E-state index in [4.69, 9.17) is 0 Å². The van der Waals surface area contributed by atoms with Crippen molar-refractivity contribution in [1.82, 2.24) is 0 Å². The first-order valence-electron chi connectivity index (χ1n) is 12.0. The van der Waals surface area contributed by atoms with Crippen molar-refractivity contribution in [2.45, 2.75) is 0 Å². The summed E-state index contributed by atoms with van der Waals surface area (Å²) in [5.41, 5.74) is 5.01. The fourth-order valence-electron chi connectivity index (χ4n) is 5.58. The molecule has 0 amide bonds. The summed E-state index contributed by atoms with van der Waals surface area (Å²) in [6.07, 6.45) is 0. The van der Waals surface area contributed by atoms with E-state index < -0.39 is 0 Å². The molecule has 0 fully saturated rings. The van der Waals surface area contributed by atoms with Gasteiger partial charge < -0.3 is 0 Å². The van der Waals surface area contributed by atoms with Gasteiger partial charge in [0.25, 0.3) is 0 Å². The zero-order chi connectivity index (χ0) is 24.2. The molecular weight excluding hydrogens is 568 g/mol. The zero-order valence-electron chi connectivity index (χ0n) is 19.3. The number of halogens is 2. The molecule has 170 valence electrons. The summed E-state index contributed by atoms with van der Waals surface area (Å²) in [6.45, 7) is 0. The lowest BCUT2D eigenvalue weighted by molar-refractivity contribution is 1.64. The fourth-order valence-corrected chi connectivity index (χ4v) is 6.96. The summed E-state index contributed by atoms with van der Waals surface area (Å²) in [5, 5.41) is 9.98. The lowest BCUT2D eigenvalue weighted by Crippen LogP contribution is -1.89. The summed E-state index contributed by atoms with van der Waals surface area (Å²) in [6, 6.07) is 43.8. The SMILES string of the molecule is Brc1c2ccccc2c(-c2ccc(-c3c4ccccc4c(Br)c4ccccc34)cc2)c2ccccc12. The van der Waals surface area contributed by atoms with Crippen LogP contribution in [0.2, 0.25) is 0 Å². The monoisotopic (exact) mass is 586 g/mol. The molecule has 0 nitrogen and oxygen atoms in total. The molecule has 0 aliphatic heterocycles. The van der Waals surface area contributed by atoms with Gasteiger partial charge in [0.1, 0.15) is 0 Å². The van der Waals surface area contributed by atoms with Crippen LogP contribution in [0.5, 0.6) is 0 Å². The Hall–Kier alpha value is -3.46. The van der Waals surface area contributed by atoms with Gasteiger partial charge in [-0.25, -0.2) is 0 Å². The lowest BCUT2D eigenvalue weighted by atomic mass is 9.89. The molecule has 0 N–H and O–H groups in total. The van der Waals surface area contributed by atoms with Crippen LogP contribution in [0.15, 0.2) is 130 Å². The summed E-state index contributed by atoms with van der Waals surface area (Å²) in [4.78, 5) is 0. The second-order valence-corrected chi connectivity index (χ2v) is 10.7. The lowest BCUT2D eigenvalue weighted by Gasteiger charge is -2.16. The molecule has 0 aromatic heterocycles. The summed E-state index contributed by atoms with van der Waals surface area (Å²) in [5.74, 6) is 0. The highest BCUT2D eigenvalue weighted by atomic mass is 79.9. The third-order valence-corrected chi connectivity index (χ3v) is 8.90. The highest BCUT2D eigenvalue weighted by Gasteiger charge is 2.16. The van der Waals surface area contributed by atoms with Crippen molar-refractivity contribution in [2.24, 2.45) is 0 Å². The normalized spacial score (nSPS) is 11.6. The Kier molecular flexibility index (Phi) is 5.20. The molecule has 0 saturated carbocycles. The predicted octanol–water partition coefficient (Wildman–Crippen LogP) is 11.2. The number of rotatable bonds is 2. The molecule has 0 radical (unpaired) electrons. The van der Waals surface area contributed by atoms with Crippen LogP contribution in [-0.4, -0.2) is 0 Å². The first-order chi connectivity index (χ1) is 17.7. The number of hydrogen-bond acceptors (Lipinski definition) is 0. The molecule has 36 heavy (non-hydrogen) atoms. The van der Waals surface area contributed by atoms with Gasteiger partial charge in [-0.05, 0) is 97.2 Å². The molecule has 2 heteroatoms. The van der Waals surface area contributed by atoms with Crippen molar-refractivity contribution in [3.63, 3.8) is 0 Å². The number of hydrogen-bond donors (Lipinski definition) is 0. The molecule has 0 spiro atoms. The van der Waals surface area contributed by atoms with E-state index in [0.717, 1.165) is 8.95 Å². The third-order valence-electron chi connectivity index (χ3n) is 7.19. The first kappa shape index (κ1) is 21.8. The van der Waals surface area contributed by atoms with Gasteiger partial charge in [-0.15, -0.1) is 0 Å². The molecule has 0 heterocycles. The molecule has 0 aliphatic carbocycles. The zero-order valence-corrected chi connectivity index (χ0v) is 22.5. The van der Waals surface area contributed by atoms with Gasteiger partial charge in [0.2, 0.25) is 0 Å². The van der Waals surface area contributed by atoms with Gasteiger partial charge in [-0.1, -0.05) is 121 Å². The second-order valence-electron chi connectivity index (χ2n) is 9.14. The molecule has 7 aromatic carbocycles. The van der Waals surface area contributed by atoms with E-state index in [1.54, 1.807) is 0 Å². The molecular formula is C34H20Br2. The maximum atomic E-state index is 3.88. The minimum Gasteiger partial charge on any atom is -0.0616 e. The van der Waals surface area contributed by atoms with Crippen molar-refractivity contribution in [2.75, 3.05) is 0 Å². The Bertz CT molecular complexity index is 1690.